The highest BCUT2D eigenvalue weighted by atomic mass is 16.2. The molecule has 1 amide bonds. The summed E-state index contributed by atoms with van der Waals surface area (Å²) in [5.74, 6) is 0.238. The van der Waals surface area contributed by atoms with E-state index in [-0.39, 0.29) is 11.1 Å². The van der Waals surface area contributed by atoms with Crippen molar-refractivity contribution in [2.45, 2.75) is 6.92 Å². The fourth-order valence-electron chi connectivity index (χ4n) is 1.60. The summed E-state index contributed by atoms with van der Waals surface area (Å²) in [4.78, 5) is 33.9. The first-order chi connectivity index (χ1) is 9.66. The minimum Gasteiger partial charge on any atom is -0.367 e. The first kappa shape index (κ1) is 13.7. The number of aryl methyl sites for hydroxylation is 1. The lowest BCUT2D eigenvalue weighted by Gasteiger charge is -2.06. The summed E-state index contributed by atoms with van der Waals surface area (Å²) < 4.78 is 0. The summed E-state index contributed by atoms with van der Waals surface area (Å²) in [5, 5.41) is 5.66. The van der Waals surface area contributed by atoms with Crippen molar-refractivity contribution in [2.24, 2.45) is 0 Å². The minimum absolute atomic E-state index is 0.107. The van der Waals surface area contributed by atoms with Gasteiger partial charge in [-0.2, -0.15) is 0 Å². The molecule has 0 aromatic carbocycles. The van der Waals surface area contributed by atoms with Crippen LogP contribution in [0.4, 0.5) is 5.82 Å². The average molecular weight is 273 g/mol. The zero-order valence-electron chi connectivity index (χ0n) is 11.0. The molecular weight excluding hydrogens is 258 g/mol. The predicted octanol–water partition coefficient (Wildman–Crippen LogP) is 0.315. The van der Waals surface area contributed by atoms with E-state index in [1.165, 1.54) is 6.07 Å². The molecular formula is C13H15N5O2. The summed E-state index contributed by atoms with van der Waals surface area (Å²) >= 11 is 0. The van der Waals surface area contributed by atoms with E-state index in [9.17, 15) is 9.59 Å². The molecule has 2 aromatic rings. The zero-order chi connectivity index (χ0) is 14.4. The van der Waals surface area contributed by atoms with Crippen LogP contribution in [-0.4, -0.2) is 33.9 Å². The van der Waals surface area contributed by atoms with Crippen LogP contribution in [0, 0.1) is 6.92 Å². The topological polar surface area (TPSA) is 99.8 Å². The lowest BCUT2D eigenvalue weighted by Crippen LogP contribution is -2.33. The number of anilines is 1. The van der Waals surface area contributed by atoms with E-state index in [0.717, 1.165) is 5.69 Å². The van der Waals surface area contributed by atoms with Gasteiger partial charge in [0.05, 0.1) is 6.20 Å². The van der Waals surface area contributed by atoms with Gasteiger partial charge in [-0.3, -0.25) is 14.6 Å². The quantitative estimate of drug-likeness (QED) is 0.681. The molecule has 3 N–H and O–H groups in total. The Kier molecular flexibility index (Phi) is 4.43. The first-order valence-corrected chi connectivity index (χ1v) is 6.15. The molecule has 2 rings (SSSR count). The van der Waals surface area contributed by atoms with Crippen molar-refractivity contribution in [3.8, 4) is 0 Å². The Bertz CT molecular complexity index is 639. The number of aromatic amines is 1. The van der Waals surface area contributed by atoms with Crippen LogP contribution in [0.5, 0.6) is 0 Å². The lowest BCUT2D eigenvalue weighted by atomic mass is 10.2. The van der Waals surface area contributed by atoms with Crippen molar-refractivity contribution in [1.82, 2.24) is 20.3 Å². The Balaban J connectivity index is 1.82. The van der Waals surface area contributed by atoms with Gasteiger partial charge in [-0.1, -0.05) is 0 Å². The fourth-order valence-corrected chi connectivity index (χ4v) is 1.60. The molecule has 0 aliphatic heterocycles. The van der Waals surface area contributed by atoms with Gasteiger partial charge in [0, 0.05) is 31.2 Å². The first-order valence-electron chi connectivity index (χ1n) is 6.15. The summed E-state index contributed by atoms with van der Waals surface area (Å²) in [6.45, 7) is 2.63. The Morgan fingerprint density at radius 3 is 2.85 bits per heavy atom. The molecule has 0 atom stereocenters. The van der Waals surface area contributed by atoms with Crippen LogP contribution in [0.2, 0.25) is 0 Å². The molecule has 0 saturated heterocycles. The molecule has 0 bridgehead atoms. The van der Waals surface area contributed by atoms with E-state index < -0.39 is 5.91 Å². The van der Waals surface area contributed by atoms with E-state index in [2.05, 4.69) is 25.6 Å². The molecule has 104 valence electrons. The van der Waals surface area contributed by atoms with Crippen LogP contribution in [0.25, 0.3) is 0 Å². The SMILES string of the molecule is Cc1ccc(C(=O)NCCNc2cnccn2)c(=O)[nH]1. The minimum atomic E-state index is -0.396. The van der Waals surface area contributed by atoms with Crippen LogP contribution < -0.4 is 16.2 Å². The lowest BCUT2D eigenvalue weighted by molar-refractivity contribution is 0.0953. The Labute approximate surface area is 115 Å². The smallest absolute Gasteiger partial charge is 0.260 e. The summed E-state index contributed by atoms with van der Waals surface area (Å²) in [5.41, 5.74) is 0.440. The van der Waals surface area contributed by atoms with Crippen molar-refractivity contribution >= 4 is 11.7 Å². The molecule has 0 fully saturated rings. The number of rotatable bonds is 5. The standard InChI is InChI=1S/C13H15N5O2/c1-9-2-3-10(13(20)18-9)12(19)17-7-6-16-11-8-14-4-5-15-11/h2-5,8H,6-7H2,1H3,(H,15,16)(H,17,19)(H,18,20). The molecule has 0 unspecified atom stereocenters. The molecule has 20 heavy (non-hydrogen) atoms. The Hall–Kier alpha value is -2.70. The molecule has 0 aliphatic rings. The molecule has 0 aliphatic carbocycles. The Morgan fingerprint density at radius 1 is 1.30 bits per heavy atom. The molecule has 2 heterocycles. The zero-order valence-corrected chi connectivity index (χ0v) is 11.0. The van der Waals surface area contributed by atoms with E-state index >= 15 is 0 Å². The number of hydrogen-bond donors (Lipinski definition) is 3. The van der Waals surface area contributed by atoms with Crippen LogP contribution in [0.15, 0.2) is 35.5 Å². The van der Waals surface area contributed by atoms with Crippen LogP contribution in [0.1, 0.15) is 16.1 Å². The third kappa shape index (κ3) is 3.64. The van der Waals surface area contributed by atoms with Crippen molar-refractivity contribution in [1.29, 1.82) is 0 Å². The second-order valence-corrected chi connectivity index (χ2v) is 4.16. The third-order valence-electron chi connectivity index (χ3n) is 2.58. The molecule has 0 spiro atoms. The second-order valence-electron chi connectivity index (χ2n) is 4.16. The van der Waals surface area contributed by atoms with Crippen molar-refractivity contribution < 1.29 is 4.79 Å². The van der Waals surface area contributed by atoms with Gasteiger partial charge in [-0.25, -0.2) is 4.98 Å². The highest BCUT2D eigenvalue weighted by Gasteiger charge is 2.09. The number of nitrogens with zero attached hydrogens (tertiary/aromatic N) is 2. The van der Waals surface area contributed by atoms with E-state index in [0.29, 0.717) is 18.9 Å². The van der Waals surface area contributed by atoms with Crippen LogP contribution in [-0.2, 0) is 0 Å². The number of carbonyl (C=O) groups is 1. The number of amides is 1. The number of pyridine rings is 1. The molecule has 7 heteroatoms. The maximum atomic E-state index is 11.8. The Morgan fingerprint density at radius 2 is 2.15 bits per heavy atom. The van der Waals surface area contributed by atoms with Gasteiger partial charge < -0.3 is 15.6 Å². The average Bonchev–Trinajstić information content (AvgIpc) is 2.44. The van der Waals surface area contributed by atoms with Gasteiger partial charge in [0.1, 0.15) is 11.4 Å². The molecule has 0 saturated carbocycles. The maximum Gasteiger partial charge on any atom is 0.260 e. The van der Waals surface area contributed by atoms with E-state index in [1.54, 1.807) is 31.6 Å². The monoisotopic (exact) mass is 273 g/mol. The van der Waals surface area contributed by atoms with Gasteiger partial charge >= 0.3 is 0 Å². The van der Waals surface area contributed by atoms with E-state index in [4.69, 9.17) is 0 Å². The van der Waals surface area contributed by atoms with Gasteiger partial charge in [0.25, 0.3) is 11.5 Å². The maximum absolute atomic E-state index is 11.8. The van der Waals surface area contributed by atoms with Crippen LogP contribution >= 0.6 is 0 Å². The second kappa shape index (κ2) is 6.46. The molecule has 2 aromatic heterocycles. The predicted molar refractivity (Wildman–Crippen MR) is 74.7 cm³/mol. The van der Waals surface area contributed by atoms with E-state index in [1.807, 2.05) is 0 Å². The van der Waals surface area contributed by atoms with Crippen molar-refractivity contribution in [2.75, 3.05) is 18.4 Å². The van der Waals surface area contributed by atoms with Gasteiger partial charge in [-0.05, 0) is 19.1 Å². The molecule has 7 nitrogen and oxygen atoms in total. The van der Waals surface area contributed by atoms with Crippen molar-refractivity contribution in [3.63, 3.8) is 0 Å². The highest BCUT2D eigenvalue weighted by molar-refractivity contribution is 5.93. The number of H-pyrrole nitrogens is 1. The largest absolute Gasteiger partial charge is 0.367 e. The van der Waals surface area contributed by atoms with Crippen LogP contribution in [0.3, 0.4) is 0 Å². The number of hydrogen-bond acceptors (Lipinski definition) is 5. The van der Waals surface area contributed by atoms with Gasteiger partial charge in [0.2, 0.25) is 0 Å². The summed E-state index contributed by atoms with van der Waals surface area (Å²) in [6, 6.07) is 3.20. The van der Waals surface area contributed by atoms with Gasteiger partial charge in [-0.15, -0.1) is 0 Å². The normalized spacial score (nSPS) is 10.1. The molecule has 0 radical (unpaired) electrons. The number of aromatic nitrogens is 3. The summed E-state index contributed by atoms with van der Waals surface area (Å²) in [7, 11) is 0. The fraction of sp³-hybridized carbons (Fsp3) is 0.231. The van der Waals surface area contributed by atoms with Crippen molar-refractivity contribution in [3.05, 3.63) is 52.3 Å². The van der Waals surface area contributed by atoms with Gasteiger partial charge in [0.15, 0.2) is 0 Å². The third-order valence-corrected chi connectivity index (χ3v) is 2.58. The number of nitrogens with one attached hydrogen (secondary N) is 3. The number of carbonyl (C=O) groups excluding carboxylic acids is 1. The summed E-state index contributed by atoms with van der Waals surface area (Å²) in [6.07, 6.45) is 4.75. The highest BCUT2D eigenvalue weighted by Crippen LogP contribution is 1.96.